The maximum Gasteiger partial charge on any atom is 0.407 e. The number of nitrogens with zero attached hydrogens (tertiary/aromatic N) is 2. The summed E-state index contributed by atoms with van der Waals surface area (Å²) in [5, 5.41) is 17.1. The molecule has 3 aromatic rings. The number of carboxylic acids is 1. The van der Waals surface area contributed by atoms with E-state index in [1.807, 2.05) is 52.0 Å². The van der Waals surface area contributed by atoms with Crippen LogP contribution in [0.15, 0.2) is 48.5 Å². The lowest BCUT2D eigenvalue weighted by Crippen LogP contribution is -2.48. The zero-order valence-corrected chi connectivity index (χ0v) is 23.8. The monoisotopic (exact) mass is 566 g/mol. The predicted molar refractivity (Wildman–Crippen MR) is 153 cm³/mol. The number of para-hydroxylation sites is 2. The number of aromatic amines is 1. The number of H-pyrrole nitrogens is 1. The van der Waals surface area contributed by atoms with Gasteiger partial charge in [0.25, 0.3) is 5.91 Å². The Morgan fingerprint density at radius 3 is 2.39 bits per heavy atom. The molecule has 220 valence electrons. The van der Waals surface area contributed by atoms with Gasteiger partial charge in [-0.25, -0.2) is 19.4 Å². The summed E-state index contributed by atoms with van der Waals surface area (Å²) in [6, 6.07) is 12.6. The number of nitrogens with one attached hydrogen (secondary N) is 4. The van der Waals surface area contributed by atoms with Gasteiger partial charge in [0.15, 0.2) is 0 Å². The van der Waals surface area contributed by atoms with Gasteiger partial charge in [0.1, 0.15) is 11.9 Å². The van der Waals surface area contributed by atoms with Gasteiger partial charge in [0.2, 0.25) is 0 Å². The van der Waals surface area contributed by atoms with Crippen molar-refractivity contribution in [1.82, 2.24) is 30.8 Å². The minimum atomic E-state index is -1.35. The van der Waals surface area contributed by atoms with Crippen molar-refractivity contribution in [1.29, 1.82) is 0 Å². The topological polar surface area (TPSA) is 166 Å². The molecular weight excluding hydrogens is 528 g/mol. The second kappa shape index (κ2) is 14.1. The lowest BCUT2D eigenvalue weighted by Gasteiger charge is -2.28. The number of ether oxygens (including phenoxy) is 1. The predicted octanol–water partition coefficient (Wildman–Crippen LogP) is 3.78. The Labute approximate surface area is 238 Å². The molecule has 0 aliphatic heterocycles. The van der Waals surface area contributed by atoms with E-state index in [0.717, 1.165) is 23.0 Å². The zero-order chi connectivity index (χ0) is 30.0. The molecule has 41 heavy (non-hydrogen) atoms. The number of carbonyl (C=O) groups excluding carboxylic acids is 3. The van der Waals surface area contributed by atoms with Crippen molar-refractivity contribution in [3.63, 3.8) is 0 Å². The molecule has 0 bridgehead atoms. The summed E-state index contributed by atoms with van der Waals surface area (Å²) in [5.41, 5.74) is 2.32. The van der Waals surface area contributed by atoms with Gasteiger partial charge in [-0.2, -0.15) is 0 Å². The van der Waals surface area contributed by atoms with E-state index < -0.39 is 29.6 Å². The van der Waals surface area contributed by atoms with Crippen LogP contribution < -0.4 is 16.0 Å². The molecule has 1 atom stereocenters. The minimum Gasteiger partial charge on any atom is -0.480 e. The lowest BCUT2D eigenvalue weighted by molar-refractivity contribution is -0.139. The molecule has 0 unspecified atom stereocenters. The van der Waals surface area contributed by atoms with Crippen LogP contribution in [0.3, 0.4) is 0 Å². The molecule has 0 spiro atoms. The molecular formula is C29H38N6O6. The highest BCUT2D eigenvalue weighted by Crippen LogP contribution is 2.15. The molecule has 1 heterocycles. The molecule has 12 heteroatoms. The van der Waals surface area contributed by atoms with Gasteiger partial charge in [-0.05, 0) is 57.0 Å². The molecule has 0 aliphatic carbocycles. The van der Waals surface area contributed by atoms with Crippen LogP contribution in [0.25, 0.3) is 11.0 Å². The highest BCUT2D eigenvalue weighted by atomic mass is 16.5. The summed E-state index contributed by atoms with van der Waals surface area (Å²) in [5.74, 6) is -1.16. The average Bonchev–Trinajstić information content (AvgIpc) is 3.32. The van der Waals surface area contributed by atoms with Crippen LogP contribution in [0, 0.1) is 0 Å². The number of urea groups is 1. The van der Waals surface area contributed by atoms with Gasteiger partial charge in [-0.15, -0.1) is 0 Å². The Morgan fingerprint density at radius 2 is 1.76 bits per heavy atom. The SMILES string of the molecule is CCCCOC(=O)N[C@@H](CNC(=O)c1ccc(CN(Cc2nc3ccccc3[nH]2)C(=O)NC(C)(C)C)cc1)C(=O)O. The molecule has 2 aromatic carbocycles. The number of aromatic nitrogens is 2. The Balaban J connectivity index is 1.64. The van der Waals surface area contributed by atoms with E-state index in [1.165, 1.54) is 0 Å². The maximum absolute atomic E-state index is 13.1. The third-order valence-corrected chi connectivity index (χ3v) is 5.93. The van der Waals surface area contributed by atoms with Crippen molar-refractivity contribution < 1.29 is 29.0 Å². The van der Waals surface area contributed by atoms with Crippen molar-refractivity contribution >= 4 is 35.0 Å². The van der Waals surface area contributed by atoms with E-state index in [4.69, 9.17) is 4.74 Å². The fourth-order valence-corrected chi connectivity index (χ4v) is 3.83. The van der Waals surface area contributed by atoms with Crippen LogP contribution >= 0.6 is 0 Å². The number of alkyl carbamates (subject to hydrolysis) is 1. The molecule has 5 N–H and O–H groups in total. The van der Waals surface area contributed by atoms with Crippen LogP contribution in [0.1, 0.15) is 62.3 Å². The number of rotatable bonds is 12. The summed E-state index contributed by atoms with van der Waals surface area (Å²) in [6.07, 6.45) is 0.636. The maximum atomic E-state index is 13.1. The summed E-state index contributed by atoms with van der Waals surface area (Å²) < 4.78 is 4.93. The lowest BCUT2D eigenvalue weighted by atomic mass is 10.1. The normalized spacial score (nSPS) is 11.9. The van der Waals surface area contributed by atoms with Crippen molar-refractivity contribution in [2.45, 2.75) is 65.2 Å². The Hall–Kier alpha value is -4.61. The first-order chi connectivity index (χ1) is 19.4. The van der Waals surface area contributed by atoms with E-state index in [9.17, 15) is 24.3 Å². The summed E-state index contributed by atoms with van der Waals surface area (Å²) in [6.45, 7) is 7.99. The van der Waals surface area contributed by atoms with Crippen molar-refractivity contribution in [3.05, 3.63) is 65.5 Å². The summed E-state index contributed by atoms with van der Waals surface area (Å²) in [4.78, 5) is 58.6. The molecule has 3 rings (SSSR count). The van der Waals surface area contributed by atoms with E-state index in [2.05, 4.69) is 25.9 Å². The number of unbranched alkanes of at least 4 members (excludes halogenated alkanes) is 1. The first-order valence-corrected chi connectivity index (χ1v) is 13.5. The molecule has 0 fully saturated rings. The average molecular weight is 567 g/mol. The van der Waals surface area contributed by atoms with Gasteiger partial charge in [-0.3, -0.25) is 4.79 Å². The first-order valence-electron chi connectivity index (χ1n) is 13.5. The van der Waals surface area contributed by atoms with Crippen molar-refractivity contribution in [2.24, 2.45) is 0 Å². The van der Waals surface area contributed by atoms with E-state index in [-0.39, 0.29) is 32.3 Å². The quantitative estimate of drug-likeness (QED) is 0.208. The molecule has 0 saturated carbocycles. The fraction of sp³-hybridized carbons (Fsp3) is 0.414. The third kappa shape index (κ3) is 9.82. The highest BCUT2D eigenvalue weighted by Gasteiger charge is 2.23. The molecule has 1 aromatic heterocycles. The van der Waals surface area contributed by atoms with Gasteiger partial charge in [0, 0.05) is 24.2 Å². The standard InChI is InChI=1S/C29H38N6O6/c1-5-6-15-41-28(40)33-23(26(37)38)16-30-25(36)20-13-11-19(12-14-20)17-35(27(39)34-29(2,3)4)18-24-31-21-9-7-8-10-22(21)32-24/h7-14,23H,5-6,15-18H2,1-4H3,(H,30,36)(H,31,32)(H,33,40)(H,34,39)(H,37,38)/t23-/m0/s1. The summed E-state index contributed by atoms with van der Waals surface area (Å²) in [7, 11) is 0. The second-order valence-electron chi connectivity index (χ2n) is 10.7. The van der Waals surface area contributed by atoms with Gasteiger partial charge in [0.05, 0.1) is 24.2 Å². The molecule has 4 amide bonds. The van der Waals surface area contributed by atoms with Crippen LogP contribution in [-0.4, -0.2) is 68.7 Å². The van der Waals surface area contributed by atoms with Crippen molar-refractivity contribution in [3.8, 4) is 0 Å². The zero-order valence-electron chi connectivity index (χ0n) is 23.8. The smallest absolute Gasteiger partial charge is 0.407 e. The number of imidazole rings is 1. The number of fused-ring (bicyclic) bond motifs is 1. The number of aliphatic carboxylic acids is 1. The summed E-state index contributed by atoms with van der Waals surface area (Å²) >= 11 is 0. The molecule has 0 aliphatic rings. The molecule has 12 nitrogen and oxygen atoms in total. The number of carbonyl (C=O) groups is 4. The largest absolute Gasteiger partial charge is 0.480 e. The number of amides is 4. The van der Waals surface area contributed by atoms with E-state index in [0.29, 0.717) is 17.8 Å². The first kappa shape index (κ1) is 30.9. The van der Waals surface area contributed by atoms with E-state index in [1.54, 1.807) is 29.2 Å². The second-order valence-corrected chi connectivity index (χ2v) is 10.7. The van der Waals surface area contributed by atoms with Crippen LogP contribution in [0.2, 0.25) is 0 Å². The Bertz CT molecular complexity index is 1310. The minimum absolute atomic E-state index is 0.181. The molecule has 0 radical (unpaired) electrons. The molecule has 0 saturated heterocycles. The van der Waals surface area contributed by atoms with Gasteiger partial charge < -0.3 is 35.7 Å². The number of benzene rings is 2. The van der Waals surface area contributed by atoms with Gasteiger partial charge >= 0.3 is 18.1 Å². The number of hydrogen-bond acceptors (Lipinski definition) is 6. The Morgan fingerprint density at radius 1 is 1.05 bits per heavy atom. The van der Waals surface area contributed by atoms with Crippen LogP contribution in [0.4, 0.5) is 9.59 Å². The van der Waals surface area contributed by atoms with Crippen LogP contribution in [0.5, 0.6) is 0 Å². The van der Waals surface area contributed by atoms with Crippen LogP contribution in [-0.2, 0) is 22.6 Å². The highest BCUT2D eigenvalue weighted by molar-refractivity contribution is 5.94. The third-order valence-electron chi connectivity index (χ3n) is 5.93. The number of carboxylic acid groups (broad SMARTS) is 1. The van der Waals surface area contributed by atoms with Crippen molar-refractivity contribution in [2.75, 3.05) is 13.2 Å². The Kier molecular flexibility index (Phi) is 10.7. The fourth-order valence-electron chi connectivity index (χ4n) is 3.83. The van der Waals surface area contributed by atoms with Gasteiger partial charge in [-0.1, -0.05) is 37.6 Å². The van der Waals surface area contributed by atoms with E-state index >= 15 is 0 Å². The number of hydrogen-bond donors (Lipinski definition) is 5.